The van der Waals surface area contributed by atoms with Crippen molar-refractivity contribution in [2.24, 2.45) is 0 Å². The molecule has 5 nitrogen and oxygen atoms in total. The van der Waals surface area contributed by atoms with E-state index in [2.05, 4.69) is 10.0 Å². The van der Waals surface area contributed by atoms with Crippen LogP contribution in [0.25, 0.3) is 0 Å². The zero-order chi connectivity index (χ0) is 20.9. The van der Waals surface area contributed by atoms with Gasteiger partial charge in [0.25, 0.3) is 15.9 Å². The van der Waals surface area contributed by atoms with E-state index in [0.29, 0.717) is 17.8 Å². The minimum Gasteiger partial charge on any atom is -0.351 e. The van der Waals surface area contributed by atoms with Gasteiger partial charge in [-0.15, -0.1) is 0 Å². The summed E-state index contributed by atoms with van der Waals surface area (Å²) >= 11 is 0. The van der Waals surface area contributed by atoms with Gasteiger partial charge in [0.05, 0.1) is 4.90 Å². The Kier molecular flexibility index (Phi) is 6.34. The third-order valence-electron chi connectivity index (χ3n) is 4.61. The predicted octanol–water partition coefficient (Wildman–Crippen LogP) is 4.33. The molecule has 1 atom stereocenters. The van der Waals surface area contributed by atoms with Crippen LogP contribution in [0, 0.1) is 6.92 Å². The molecule has 150 valence electrons. The Morgan fingerprint density at radius 3 is 2.38 bits per heavy atom. The molecule has 1 unspecified atom stereocenters. The molecule has 0 radical (unpaired) electrons. The maximum absolute atomic E-state index is 12.7. The Morgan fingerprint density at radius 1 is 0.931 bits per heavy atom. The molecule has 0 aromatic heterocycles. The Balaban J connectivity index is 1.70. The molecule has 3 rings (SSSR count). The summed E-state index contributed by atoms with van der Waals surface area (Å²) in [5.74, 6) is -0.157. The number of anilines is 1. The topological polar surface area (TPSA) is 75.3 Å². The summed E-state index contributed by atoms with van der Waals surface area (Å²) < 4.78 is 27.9. The number of carbonyl (C=O) groups is 1. The predicted molar refractivity (Wildman–Crippen MR) is 116 cm³/mol. The van der Waals surface area contributed by atoms with E-state index in [1.807, 2.05) is 50.2 Å². The number of carbonyl (C=O) groups excluding carboxylic acids is 1. The van der Waals surface area contributed by atoms with Gasteiger partial charge >= 0.3 is 0 Å². The number of sulfonamides is 1. The lowest BCUT2D eigenvalue weighted by molar-refractivity contribution is 0.0951. The highest BCUT2D eigenvalue weighted by Gasteiger charge is 2.17. The number of hydrogen-bond donors (Lipinski definition) is 2. The Labute approximate surface area is 171 Å². The van der Waals surface area contributed by atoms with E-state index in [-0.39, 0.29) is 16.7 Å². The molecule has 0 saturated carbocycles. The second-order valence-electron chi connectivity index (χ2n) is 7.02. The first-order valence-corrected chi connectivity index (χ1v) is 10.9. The van der Waals surface area contributed by atoms with Crippen molar-refractivity contribution in [2.75, 3.05) is 11.3 Å². The summed E-state index contributed by atoms with van der Waals surface area (Å²) in [6, 6.07) is 23.0. The van der Waals surface area contributed by atoms with Gasteiger partial charge in [0.1, 0.15) is 0 Å². The summed E-state index contributed by atoms with van der Waals surface area (Å²) in [6.07, 6.45) is 0. The lowest BCUT2D eigenvalue weighted by Gasteiger charge is -2.14. The van der Waals surface area contributed by atoms with Crippen LogP contribution in [0.5, 0.6) is 0 Å². The van der Waals surface area contributed by atoms with Gasteiger partial charge in [0.2, 0.25) is 0 Å². The second-order valence-corrected chi connectivity index (χ2v) is 8.71. The van der Waals surface area contributed by atoms with Crippen molar-refractivity contribution in [3.05, 3.63) is 95.6 Å². The molecule has 0 heterocycles. The summed E-state index contributed by atoms with van der Waals surface area (Å²) in [7, 11) is -3.79. The summed E-state index contributed by atoms with van der Waals surface area (Å²) in [5.41, 5.74) is 2.87. The van der Waals surface area contributed by atoms with Crippen LogP contribution in [-0.2, 0) is 10.0 Å². The van der Waals surface area contributed by atoms with Crippen LogP contribution in [0.15, 0.2) is 83.8 Å². The number of rotatable bonds is 7. The average Bonchev–Trinajstić information content (AvgIpc) is 2.72. The van der Waals surface area contributed by atoms with E-state index >= 15 is 0 Å². The van der Waals surface area contributed by atoms with Crippen molar-refractivity contribution >= 4 is 21.6 Å². The molecule has 3 aromatic carbocycles. The van der Waals surface area contributed by atoms with Gasteiger partial charge in [-0.1, -0.05) is 55.5 Å². The van der Waals surface area contributed by atoms with Crippen LogP contribution in [0.2, 0.25) is 0 Å². The molecule has 2 N–H and O–H groups in total. The fraction of sp³-hybridized carbons (Fsp3) is 0.174. The van der Waals surface area contributed by atoms with Crippen LogP contribution >= 0.6 is 0 Å². The number of hydrogen-bond acceptors (Lipinski definition) is 3. The number of aryl methyl sites for hydroxylation is 1. The van der Waals surface area contributed by atoms with Gasteiger partial charge in [0.15, 0.2) is 0 Å². The van der Waals surface area contributed by atoms with Crippen LogP contribution in [0.4, 0.5) is 5.69 Å². The molecule has 0 fully saturated rings. The zero-order valence-corrected chi connectivity index (χ0v) is 17.2. The van der Waals surface area contributed by atoms with Crippen molar-refractivity contribution < 1.29 is 13.2 Å². The first-order chi connectivity index (χ1) is 13.8. The van der Waals surface area contributed by atoms with Crippen molar-refractivity contribution in [3.8, 4) is 0 Å². The number of benzene rings is 3. The van der Waals surface area contributed by atoms with Crippen LogP contribution in [0.1, 0.15) is 34.3 Å². The molecule has 0 aliphatic carbocycles. The first kappa shape index (κ1) is 20.6. The molecular formula is C23H24N2O3S. The SMILES string of the molecule is Cc1cccc(NS(=O)(=O)c2cccc(C(=O)NCC(C)c3ccccc3)c2)c1. The Morgan fingerprint density at radius 2 is 1.66 bits per heavy atom. The van der Waals surface area contributed by atoms with Crippen molar-refractivity contribution in [1.82, 2.24) is 5.32 Å². The van der Waals surface area contributed by atoms with Gasteiger partial charge in [0, 0.05) is 17.8 Å². The fourth-order valence-electron chi connectivity index (χ4n) is 2.97. The first-order valence-electron chi connectivity index (χ1n) is 9.38. The van der Waals surface area contributed by atoms with Gasteiger partial charge < -0.3 is 5.32 Å². The smallest absolute Gasteiger partial charge is 0.261 e. The fourth-order valence-corrected chi connectivity index (χ4v) is 4.07. The minimum atomic E-state index is -3.79. The highest BCUT2D eigenvalue weighted by Crippen LogP contribution is 2.18. The Bertz CT molecular complexity index is 1100. The maximum atomic E-state index is 12.7. The molecule has 3 aromatic rings. The molecule has 6 heteroatoms. The molecular weight excluding hydrogens is 384 g/mol. The highest BCUT2D eigenvalue weighted by atomic mass is 32.2. The van der Waals surface area contributed by atoms with E-state index in [4.69, 9.17) is 0 Å². The van der Waals surface area contributed by atoms with E-state index in [1.165, 1.54) is 12.1 Å². The van der Waals surface area contributed by atoms with Crippen LogP contribution in [-0.4, -0.2) is 20.9 Å². The number of amides is 1. The molecule has 29 heavy (non-hydrogen) atoms. The summed E-state index contributed by atoms with van der Waals surface area (Å²) in [4.78, 5) is 12.6. The standard InChI is InChI=1S/C23H24N2O3S/c1-17-8-6-12-21(14-17)25-29(27,28)22-13-7-11-20(15-22)23(26)24-16-18(2)19-9-4-3-5-10-19/h3-15,18,25H,16H2,1-2H3,(H,24,26). The third-order valence-corrected chi connectivity index (χ3v) is 5.99. The van der Waals surface area contributed by atoms with Gasteiger partial charge in [-0.05, 0) is 54.3 Å². The zero-order valence-electron chi connectivity index (χ0n) is 16.4. The highest BCUT2D eigenvalue weighted by molar-refractivity contribution is 7.92. The molecule has 0 spiro atoms. The molecule has 0 bridgehead atoms. The normalized spacial score (nSPS) is 12.2. The van der Waals surface area contributed by atoms with Crippen LogP contribution < -0.4 is 10.0 Å². The van der Waals surface area contributed by atoms with E-state index in [1.54, 1.807) is 30.3 Å². The molecule has 0 aliphatic heterocycles. The van der Waals surface area contributed by atoms with Gasteiger partial charge in [-0.25, -0.2) is 8.42 Å². The minimum absolute atomic E-state index is 0.0442. The monoisotopic (exact) mass is 408 g/mol. The molecule has 1 amide bonds. The summed E-state index contributed by atoms with van der Waals surface area (Å²) in [5, 5.41) is 2.88. The van der Waals surface area contributed by atoms with Gasteiger partial charge in [-0.3, -0.25) is 9.52 Å². The Hall–Kier alpha value is -3.12. The molecule has 0 aliphatic rings. The lowest BCUT2D eigenvalue weighted by atomic mass is 10.0. The third kappa shape index (κ3) is 5.45. The summed E-state index contributed by atoms with van der Waals surface area (Å²) in [6.45, 7) is 4.38. The second kappa shape index (κ2) is 8.92. The van der Waals surface area contributed by atoms with Crippen molar-refractivity contribution in [3.63, 3.8) is 0 Å². The quantitative estimate of drug-likeness (QED) is 0.611. The van der Waals surface area contributed by atoms with Crippen molar-refractivity contribution in [1.29, 1.82) is 0 Å². The average molecular weight is 409 g/mol. The largest absolute Gasteiger partial charge is 0.351 e. The van der Waals surface area contributed by atoms with Gasteiger partial charge in [-0.2, -0.15) is 0 Å². The lowest BCUT2D eigenvalue weighted by Crippen LogP contribution is -2.27. The van der Waals surface area contributed by atoms with E-state index < -0.39 is 10.0 Å². The van der Waals surface area contributed by atoms with Crippen molar-refractivity contribution in [2.45, 2.75) is 24.7 Å². The number of nitrogens with one attached hydrogen (secondary N) is 2. The molecule has 0 saturated heterocycles. The van der Waals surface area contributed by atoms with E-state index in [0.717, 1.165) is 11.1 Å². The maximum Gasteiger partial charge on any atom is 0.261 e. The van der Waals surface area contributed by atoms with Crippen LogP contribution in [0.3, 0.4) is 0 Å². The van der Waals surface area contributed by atoms with E-state index in [9.17, 15) is 13.2 Å².